The molecule has 1 amide bonds. The molecule has 0 radical (unpaired) electrons. The van der Waals surface area contributed by atoms with E-state index in [4.69, 9.17) is 12.2 Å². The molecule has 0 saturated heterocycles. The number of hydrogen-bond donors (Lipinski definition) is 3. The molecule has 0 fully saturated rings. The van der Waals surface area contributed by atoms with Crippen molar-refractivity contribution in [3.63, 3.8) is 0 Å². The molecular weight excluding hydrogens is 254 g/mol. The SMILES string of the molecule is CCNCCCNC(=O)Cc1sc(=S)[nH]c1C. The van der Waals surface area contributed by atoms with Crippen molar-refractivity contribution >= 4 is 29.5 Å². The first-order valence-electron chi connectivity index (χ1n) is 5.79. The van der Waals surface area contributed by atoms with E-state index in [9.17, 15) is 4.79 Å². The van der Waals surface area contributed by atoms with Crippen LogP contribution in [0.1, 0.15) is 23.9 Å². The van der Waals surface area contributed by atoms with Crippen molar-refractivity contribution in [1.82, 2.24) is 15.6 Å². The van der Waals surface area contributed by atoms with Crippen molar-refractivity contribution in [1.29, 1.82) is 0 Å². The monoisotopic (exact) mass is 273 g/mol. The molecule has 0 aliphatic rings. The molecule has 6 heteroatoms. The van der Waals surface area contributed by atoms with E-state index in [-0.39, 0.29) is 5.91 Å². The Bertz CT molecular complexity index is 411. The molecule has 1 heterocycles. The van der Waals surface area contributed by atoms with Crippen LogP contribution in [-0.2, 0) is 11.2 Å². The number of H-pyrrole nitrogens is 1. The molecule has 1 aromatic heterocycles. The third-order valence-corrected chi connectivity index (χ3v) is 3.68. The van der Waals surface area contributed by atoms with E-state index in [1.54, 1.807) is 0 Å². The standard InChI is InChI=1S/C11H19N3OS2/c1-3-12-5-4-6-13-10(15)7-9-8(2)14-11(16)17-9/h12H,3-7H2,1-2H3,(H,13,15)(H,14,16). The first kappa shape index (κ1) is 14.3. The van der Waals surface area contributed by atoms with Gasteiger partial charge < -0.3 is 15.6 Å². The molecule has 1 aromatic rings. The first-order valence-corrected chi connectivity index (χ1v) is 7.02. The predicted molar refractivity (Wildman–Crippen MR) is 74.1 cm³/mol. The van der Waals surface area contributed by atoms with Crippen molar-refractivity contribution in [3.05, 3.63) is 14.5 Å². The molecule has 0 aliphatic carbocycles. The minimum atomic E-state index is 0.0647. The maximum Gasteiger partial charge on any atom is 0.225 e. The Morgan fingerprint density at radius 2 is 2.24 bits per heavy atom. The Morgan fingerprint density at radius 1 is 1.47 bits per heavy atom. The molecule has 1 rings (SSSR count). The van der Waals surface area contributed by atoms with Crippen LogP contribution in [-0.4, -0.2) is 30.5 Å². The van der Waals surface area contributed by atoms with Gasteiger partial charge in [-0.1, -0.05) is 6.92 Å². The summed E-state index contributed by atoms with van der Waals surface area (Å²) in [5, 5.41) is 6.12. The fourth-order valence-electron chi connectivity index (χ4n) is 1.43. The van der Waals surface area contributed by atoms with Gasteiger partial charge in [-0.25, -0.2) is 0 Å². The molecule has 0 atom stereocenters. The van der Waals surface area contributed by atoms with Crippen molar-refractivity contribution in [2.75, 3.05) is 19.6 Å². The fourth-order valence-corrected chi connectivity index (χ4v) is 2.72. The highest BCUT2D eigenvalue weighted by Crippen LogP contribution is 2.14. The van der Waals surface area contributed by atoms with Gasteiger partial charge in [-0.05, 0) is 38.7 Å². The minimum Gasteiger partial charge on any atom is -0.356 e. The quantitative estimate of drug-likeness (QED) is 0.524. The number of aromatic amines is 1. The zero-order chi connectivity index (χ0) is 12.7. The van der Waals surface area contributed by atoms with Crippen LogP contribution in [0.3, 0.4) is 0 Å². The van der Waals surface area contributed by atoms with Crippen LogP contribution in [0.4, 0.5) is 0 Å². The van der Waals surface area contributed by atoms with Gasteiger partial charge in [0.15, 0.2) is 3.95 Å². The van der Waals surface area contributed by atoms with Gasteiger partial charge in [-0.15, -0.1) is 11.3 Å². The van der Waals surface area contributed by atoms with E-state index in [1.807, 2.05) is 6.92 Å². The Labute approximate surface area is 111 Å². The Kier molecular flexibility index (Phi) is 6.39. The number of aryl methyl sites for hydroxylation is 1. The lowest BCUT2D eigenvalue weighted by Crippen LogP contribution is -2.28. The van der Waals surface area contributed by atoms with E-state index < -0.39 is 0 Å². The van der Waals surface area contributed by atoms with E-state index in [2.05, 4.69) is 22.5 Å². The van der Waals surface area contributed by atoms with Crippen molar-refractivity contribution in [3.8, 4) is 0 Å². The average Bonchev–Trinajstić information content (AvgIpc) is 2.57. The predicted octanol–water partition coefficient (Wildman–Crippen LogP) is 1.77. The first-order chi connectivity index (χ1) is 8.13. The number of thiazole rings is 1. The topological polar surface area (TPSA) is 56.9 Å². The summed E-state index contributed by atoms with van der Waals surface area (Å²) in [4.78, 5) is 15.7. The third kappa shape index (κ3) is 5.43. The number of aromatic nitrogens is 1. The van der Waals surface area contributed by atoms with Crippen LogP contribution in [0, 0.1) is 10.9 Å². The number of carbonyl (C=O) groups excluding carboxylic acids is 1. The molecule has 96 valence electrons. The highest BCUT2D eigenvalue weighted by molar-refractivity contribution is 7.73. The summed E-state index contributed by atoms with van der Waals surface area (Å²) in [7, 11) is 0. The molecule has 0 bridgehead atoms. The van der Waals surface area contributed by atoms with Gasteiger partial charge in [0.2, 0.25) is 5.91 Å². The van der Waals surface area contributed by atoms with Crippen LogP contribution in [0.5, 0.6) is 0 Å². The molecule has 0 spiro atoms. The molecule has 17 heavy (non-hydrogen) atoms. The second kappa shape index (κ2) is 7.58. The van der Waals surface area contributed by atoms with E-state index in [0.717, 1.165) is 40.6 Å². The summed E-state index contributed by atoms with van der Waals surface area (Å²) in [6, 6.07) is 0. The molecule has 0 aromatic carbocycles. The third-order valence-electron chi connectivity index (χ3n) is 2.35. The zero-order valence-corrected chi connectivity index (χ0v) is 11.9. The molecule has 4 nitrogen and oxygen atoms in total. The second-order valence-corrected chi connectivity index (χ2v) is 5.57. The second-order valence-electron chi connectivity index (χ2n) is 3.80. The van der Waals surface area contributed by atoms with Gasteiger partial charge in [-0.2, -0.15) is 0 Å². The Hall–Kier alpha value is -0.720. The molecule has 0 aliphatic heterocycles. The van der Waals surface area contributed by atoms with Gasteiger partial charge in [0.1, 0.15) is 0 Å². The average molecular weight is 273 g/mol. The van der Waals surface area contributed by atoms with E-state index >= 15 is 0 Å². The maximum atomic E-state index is 11.6. The lowest BCUT2D eigenvalue weighted by Gasteiger charge is -2.04. The van der Waals surface area contributed by atoms with E-state index in [0.29, 0.717) is 6.42 Å². The van der Waals surface area contributed by atoms with Gasteiger partial charge in [0.05, 0.1) is 6.42 Å². The van der Waals surface area contributed by atoms with Gasteiger partial charge >= 0.3 is 0 Å². The van der Waals surface area contributed by atoms with Crippen molar-refractivity contribution in [2.24, 2.45) is 0 Å². The van der Waals surface area contributed by atoms with Gasteiger partial charge in [0.25, 0.3) is 0 Å². The summed E-state index contributed by atoms with van der Waals surface area (Å²) in [5.74, 6) is 0.0647. The highest BCUT2D eigenvalue weighted by atomic mass is 32.1. The Balaban J connectivity index is 2.25. The fraction of sp³-hybridized carbons (Fsp3) is 0.636. The summed E-state index contributed by atoms with van der Waals surface area (Å²) in [6.07, 6.45) is 1.38. The summed E-state index contributed by atoms with van der Waals surface area (Å²) < 4.78 is 0.734. The highest BCUT2D eigenvalue weighted by Gasteiger charge is 2.07. The number of carbonyl (C=O) groups is 1. The number of hydrogen-bond acceptors (Lipinski definition) is 4. The van der Waals surface area contributed by atoms with Crippen LogP contribution in [0.2, 0.25) is 0 Å². The van der Waals surface area contributed by atoms with Gasteiger partial charge in [0, 0.05) is 17.1 Å². The molecule has 3 N–H and O–H groups in total. The smallest absolute Gasteiger partial charge is 0.225 e. The molecular formula is C11H19N3OS2. The molecule has 0 saturated carbocycles. The Morgan fingerprint density at radius 3 is 2.82 bits per heavy atom. The largest absolute Gasteiger partial charge is 0.356 e. The number of rotatable bonds is 7. The van der Waals surface area contributed by atoms with Crippen LogP contribution in [0.15, 0.2) is 0 Å². The summed E-state index contributed by atoms with van der Waals surface area (Å²) in [6.45, 7) is 6.65. The maximum absolute atomic E-state index is 11.6. The van der Waals surface area contributed by atoms with Crippen molar-refractivity contribution in [2.45, 2.75) is 26.7 Å². The van der Waals surface area contributed by atoms with Crippen molar-refractivity contribution < 1.29 is 4.79 Å². The van der Waals surface area contributed by atoms with Gasteiger partial charge in [-0.3, -0.25) is 4.79 Å². The van der Waals surface area contributed by atoms with Crippen LogP contribution >= 0.6 is 23.6 Å². The summed E-state index contributed by atoms with van der Waals surface area (Å²) in [5.41, 5.74) is 1.00. The van der Waals surface area contributed by atoms with Crippen LogP contribution in [0.25, 0.3) is 0 Å². The van der Waals surface area contributed by atoms with Crippen LogP contribution < -0.4 is 10.6 Å². The number of amides is 1. The summed E-state index contributed by atoms with van der Waals surface area (Å²) >= 11 is 6.51. The number of nitrogens with one attached hydrogen (secondary N) is 3. The zero-order valence-electron chi connectivity index (χ0n) is 10.3. The normalized spacial score (nSPS) is 10.5. The van der Waals surface area contributed by atoms with E-state index in [1.165, 1.54) is 11.3 Å². The minimum absolute atomic E-state index is 0.0647. The molecule has 0 unspecified atom stereocenters. The lowest BCUT2D eigenvalue weighted by molar-refractivity contribution is -0.120. The lowest BCUT2D eigenvalue weighted by atomic mass is 10.3.